The highest BCUT2D eigenvalue weighted by Gasteiger charge is 2.18. The van der Waals surface area contributed by atoms with Crippen molar-refractivity contribution < 1.29 is 14.6 Å². The van der Waals surface area contributed by atoms with Crippen LogP contribution in [0.3, 0.4) is 0 Å². The van der Waals surface area contributed by atoms with E-state index >= 15 is 0 Å². The van der Waals surface area contributed by atoms with Crippen LogP contribution in [0.15, 0.2) is 48.4 Å². The topological polar surface area (TPSA) is 79.6 Å². The van der Waals surface area contributed by atoms with E-state index < -0.39 is 5.97 Å². The number of nitrogens with zero attached hydrogens (tertiary/aromatic N) is 3. The van der Waals surface area contributed by atoms with Crippen LogP contribution in [0.2, 0.25) is 0 Å². The van der Waals surface area contributed by atoms with Gasteiger partial charge in [-0.15, -0.1) is 0 Å². The zero-order valence-corrected chi connectivity index (χ0v) is 17.4. The Morgan fingerprint density at radius 2 is 2.00 bits per heavy atom. The summed E-state index contributed by atoms with van der Waals surface area (Å²) in [6, 6.07) is 11.2. The average Bonchev–Trinajstić information content (AvgIpc) is 3.07. The Bertz CT molecular complexity index is 1160. The maximum absolute atomic E-state index is 11.3. The molecule has 3 aromatic rings. The number of carbonyl (C=O) groups is 1. The van der Waals surface area contributed by atoms with E-state index in [4.69, 9.17) is 4.74 Å². The van der Waals surface area contributed by atoms with Gasteiger partial charge in [-0.05, 0) is 48.4 Å². The Kier molecular flexibility index (Phi) is 4.95. The number of carboxylic acids is 1. The molecule has 154 valence electrons. The number of hydrogen-bond acceptors (Lipinski definition) is 5. The Morgan fingerprint density at radius 1 is 1.20 bits per heavy atom. The molecule has 0 radical (unpaired) electrons. The first-order valence-electron chi connectivity index (χ1n) is 9.60. The summed E-state index contributed by atoms with van der Waals surface area (Å²) in [5, 5.41) is 12.7. The largest absolute Gasteiger partial charge is 0.495 e. The van der Waals surface area contributed by atoms with Crippen LogP contribution < -0.4 is 10.1 Å². The molecule has 0 saturated heterocycles. The van der Waals surface area contributed by atoms with Gasteiger partial charge in [0.1, 0.15) is 17.4 Å². The minimum absolute atomic E-state index is 0.280. The van der Waals surface area contributed by atoms with E-state index in [1.165, 1.54) is 0 Å². The van der Waals surface area contributed by atoms with E-state index in [0.29, 0.717) is 12.3 Å². The van der Waals surface area contributed by atoms with Gasteiger partial charge < -0.3 is 24.6 Å². The van der Waals surface area contributed by atoms with Crippen LogP contribution in [0.5, 0.6) is 5.75 Å². The number of hydrogen-bond donors (Lipinski definition) is 2. The van der Waals surface area contributed by atoms with E-state index in [-0.39, 0.29) is 5.56 Å². The van der Waals surface area contributed by atoms with Crippen molar-refractivity contribution in [1.29, 1.82) is 0 Å². The fourth-order valence-electron chi connectivity index (χ4n) is 3.60. The minimum Gasteiger partial charge on any atom is -0.495 e. The maximum Gasteiger partial charge on any atom is 0.335 e. The lowest BCUT2D eigenvalue weighted by atomic mass is 10.0. The molecule has 0 amide bonds. The molecule has 4 rings (SSSR count). The van der Waals surface area contributed by atoms with E-state index in [9.17, 15) is 9.90 Å². The second-order valence-corrected chi connectivity index (χ2v) is 7.39. The summed E-state index contributed by atoms with van der Waals surface area (Å²) in [4.78, 5) is 17.8. The number of benzene rings is 2. The molecule has 0 spiro atoms. The van der Waals surface area contributed by atoms with Gasteiger partial charge in [0.05, 0.1) is 30.3 Å². The van der Waals surface area contributed by atoms with Crippen LogP contribution in [0.1, 0.15) is 27.3 Å². The van der Waals surface area contributed by atoms with Gasteiger partial charge in [-0.25, -0.2) is 9.78 Å². The van der Waals surface area contributed by atoms with Gasteiger partial charge in [0.25, 0.3) is 0 Å². The summed E-state index contributed by atoms with van der Waals surface area (Å²) < 4.78 is 7.67. The summed E-state index contributed by atoms with van der Waals surface area (Å²) in [6.07, 6.45) is 3.81. The van der Waals surface area contributed by atoms with Crippen LogP contribution in [-0.2, 0) is 13.6 Å². The number of imidazole rings is 1. The van der Waals surface area contributed by atoms with E-state index in [1.54, 1.807) is 19.2 Å². The van der Waals surface area contributed by atoms with Gasteiger partial charge in [0.2, 0.25) is 0 Å². The Hall–Kier alpha value is -3.74. The molecule has 2 N–H and O–H groups in total. The first-order chi connectivity index (χ1) is 14.4. The number of anilines is 1. The quantitative estimate of drug-likeness (QED) is 0.670. The third-order valence-corrected chi connectivity index (χ3v) is 5.48. The van der Waals surface area contributed by atoms with Crippen LogP contribution in [-0.4, -0.2) is 39.7 Å². The predicted molar refractivity (Wildman–Crippen MR) is 116 cm³/mol. The van der Waals surface area contributed by atoms with Crippen molar-refractivity contribution >= 4 is 17.7 Å². The molecule has 0 unspecified atom stereocenters. The molecule has 0 bridgehead atoms. The Balaban J connectivity index is 1.67. The van der Waals surface area contributed by atoms with Crippen molar-refractivity contribution in [2.45, 2.75) is 13.5 Å². The molecule has 0 atom stereocenters. The summed E-state index contributed by atoms with van der Waals surface area (Å²) in [7, 11) is 5.62. The monoisotopic (exact) mass is 404 g/mol. The maximum atomic E-state index is 11.3. The Labute approximate surface area is 175 Å². The lowest BCUT2D eigenvalue weighted by Crippen LogP contribution is -2.26. The fraction of sp³-hybridized carbons (Fsp3) is 0.217. The normalized spacial score (nSPS) is 12.9. The average molecular weight is 404 g/mol. The summed E-state index contributed by atoms with van der Waals surface area (Å²) in [5.41, 5.74) is 5.13. The molecule has 0 aliphatic carbocycles. The summed E-state index contributed by atoms with van der Waals surface area (Å²) >= 11 is 0. The van der Waals surface area contributed by atoms with Gasteiger partial charge in [-0.2, -0.15) is 0 Å². The van der Waals surface area contributed by atoms with Crippen LogP contribution in [0.25, 0.3) is 17.3 Å². The Morgan fingerprint density at radius 3 is 2.67 bits per heavy atom. The summed E-state index contributed by atoms with van der Waals surface area (Å²) in [6.45, 7) is 2.65. The number of aromatic carboxylic acids is 1. The fourth-order valence-corrected chi connectivity index (χ4v) is 3.60. The molecule has 0 saturated carbocycles. The minimum atomic E-state index is -0.928. The van der Waals surface area contributed by atoms with E-state index in [2.05, 4.69) is 15.2 Å². The highest BCUT2D eigenvalue weighted by Crippen LogP contribution is 2.33. The van der Waals surface area contributed by atoms with Crippen molar-refractivity contribution in [2.24, 2.45) is 7.05 Å². The standard InChI is InChI=1S/C23H24N4O3/c1-14-24-12-20(27(14)3)15-7-8-19(21(10-15)30-4)25-22-11-18-9-16(23(28)29)5-6-17(18)13-26(22)2/h5-12,25H,13H2,1-4H3,(H,28,29). The molecule has 7 nitrogen and oxygen atoms in total. The van der Waals surface area contributed by atoms with Crippen molar-refractivity contribution in [1.82, 2.24) is 14.5 Å². The van der Waals surface area contributed by atoms with Gasteiger partial charge in [-0.1, -0.05) is 12.1 Å². The number of fused-ring (bicyclic) bond motifs is 1. The number of ether oxygens (including phenoxy) is 1. The molecule has 1 aliphatic heterocycles. The van der Waals surface area contributed by atoms with Crippen molar-refractivity contribution in [3.05, 3.63) is 70.9 Å². The van der Waals surface area contributed by atoms with Gasteiger partial charge in [0.15, 0.2) is 0 Å². The third kappa shape index (κ3) is 3.50. The smallest absolute Gasteiger partial charge is 0.335 e. The lowest BCUT2D eigenvalue weighted by Gasteiger charge is -2.29. The van der Waals surface area contributed by atoms with Crippen LogP contribution >= 0.6 is 0 Å². The zero-order valence-electron chi connectivity index (χ0n) is 17.4. The first kappa shape index (κ1) is 19.6. The van der Waals surface area contributed by atoms with Crippen molar-refractivity contribution in [3.8, 4) is 17.0 Å². The molecular formula is C23H24N4O3. The molecule has 2 heterocycles. The number of aromatic nitrogens is 2. The van der Waals surface area contributed by atoms with Gasteiger partial charge >= 0.3 is 5.97 Å². The van der Waals surface area contributed by atoms with E-state index in [1.807, 2.05) is 62.1 Å². The van der Waals surface area contributed by atoms with E-state index in [0.717, 1.165) is 39.7 Å². The van der Waals surface area contributed by atoms with Gasteiger partial charge in [-0.3, -0.25) is 0 Å². The highest BCUT2D eigenvalue weighted by atomic mass is 16.5. The zero-order chi connectivity index (χ0) is 21.4. The molecule has 1 aromatic heterocycles. The highest BCUT2D eigenvalue weighted by molar-refractivity contribution is 5.89. The molecule has 7 heteroatoms. The van der Waals surface area contributed by atoms with Crippen molar-refractivity contribution in [3.63, 3.8) is 0 Å². The lowest BCUT2D eigenvalue weighted by molar-refractivity contribution is 0.0697. The number of aryl methyl sites for hydroxylation is 1. The summed E-state index contributed by atoms with van der Waals surface area (Å²) in [5.74, 6) is 1.60. The number of methoxy groups -OCH3 is 1. The number of nitrogens with one attached hydrogen (secondary N) is 1. The molecule has 2 aromatic carbocycles. The predicted octanol–water partition coefficient (Wildman–Crippen LogP) is 3.96. The van der Waals surface area contributed by atoms with Gasteiger partial charge in [0, 0.05) is 26.2 Å². The number of carboxylic acid groups (broad SMARTS) is 1. The second kappa shape index (κ2) is 7.59. The molecule has 30 heavy (non-hydrogen) atoms. The SMILES string of the molecule is COc1cc(-c2cnc(C)n2C)ccc1NC1=Cc2cc(C(=O)O)ccc2CN1C. The second-order valence-electron chi connectivity index (χ2n) is 7.39. The molecule has 1 aliphatic rings. The molecular weight excluding hydrogens is 380 g/mol. The van der Waals surface area contributed by atoms with Crippen LogP contribution in [0.4, 0.5) is 5.69 Å². The third-order valence-electron chi connectivity index (χ3n) is 5.48. The molecule has 0 fully saturated rings. The van der Waals surface area contributed by atoms with Crippen molar-refractivity contribution in [2.75, 3.05) is 19.5 Å². The number of rotatable bonds is 5. The van der Waals surface area contributed by atoms with Crippen LogP contribution in [0, 0.1) is 6.92 Å². The first-order valence-corrected chi connectivity index (χ1v) is 9.60.